The fourth-order valence-corrected chi connectivity index (χ4v) is 8.45. The summed E-state index contributed by atoms with van der Waals surface area (Å²) in [6.45, 7) is 7.46. The van der Waals surface area contributed by atoms with Gasteiger partial charge in [-0.15, -0.1) is 0 Å². The van der Waals surface area contributed by atoms with Crippen molar-refractivity contribution in [1.82, 2.24) is 9.88 Å². The molecule has 0 spiro atoms. The van der Waals surface area contributed by atoms with Gasteiger partial charge in [-0.2, -0.15) is 0 Å². The van der Waals surface area contributed by atoms with Crippen LogP contribution >= 0.6 is 0 Å². The molecule has 2 heterocycles. The standard InChI is InChI=1S/C26H36N2O/c1-17(22-7-5-6-16-27-22)19-9-10-20-18-8-11-23-26(3,15-13-24(29)28(23)4)21(18)12-14-25(19,20)2/h5-7,13,15-21,23H,8-12,14H2,1-4H3/t17?,18-,19+,20-,21-,23?,25+,26+/m0/s1. The first-order chi connectivity index (χ1) is 13.9. The van der Waals surface area contributed by atoms with Crippen LogP contribution in [0, 0.1) is 34.5 Å². The monoisotopic (exact) mass is 392 g/mol. The zero-order valence-electron chi connectivity index (χ0n) is 18.5. The van der Waals surface area contributed by atoms with Crippen LogP contribution in [-0.4, -0.2) is 28.9 Å². The van der Waals surface area contributed by atoms with Gasteiger partial charge in [0, 0.05) is 36.3 Å². The molecule has 3 fully saturated rings. The van der Waals surface area contributed by atoms with E-state index in [1.54, 1.807) is 0 Å². The molecule has 2 unspecified atom stereocenters. The maximum atomic E-state index is 12.3. The number of hydrogen-bond donors (Lipinski definition) is 0. The highest BCUT2D eigenvalue weighted by Crippen LogP contribution is 2.67. The lowest BCUT2D eigenvalue weighted by Gasteiger charge is -2.60. The van der Waals surface area contributed by atoms with Crippen LogP contribution in [-0.2, 0) is 4.79 Å². The largest absolute Gasteiger partial charge is 0.338 e. The lowest BCUT2D eigenvalue weighted by Crippen LogP contribution is -2.59. The maximum Gasteiger partial charge on any atom is 0.246 e. The number of fused-ring (bicyclic) bond motifs is 5. The second-order valence-electron chi connectivity index (χ2n) is 10.9. The van der Waals surface area contributed by atoms with Gasteiger partial charge in [-0.3, -0.25) is 9.78 Å². The third-order valence-electron chi connectivity index (χ3n) is 9.96. The average Bonchev–Trinajstić information content (AvgIpc) is 3.08. The highest BCUT2D eigenvalue weighted by atomic mass is 16.2. The molecular formula is C26H36N2O. The van der Waals surface area contributed by atoms with Crippen molar-refractivity contribution < 1.29 is 4.79 Å². The fourth-order valence-electron chi connectivity index (χ4n) is 8.45. The van der Waals surface area contributed by atoms with Crippen LogP contribution in [0.4, 0.5) is 0 Å². The summed E-state index contributed by atoms with van der Waals surface area (Å²) in [5.74, 6) is 3.81. The third kappa shape index (κ3) is 2.68. The Hall–Kier alpha value is -1.64. The molecule has 1 aromatic rings. The molecule has 3 nitrogen and oxygen atoms in total. The zero-order chi connectivity index (χ0) is 20.4. The Balaban J connectivity index is 1.43. The molecule has 8 atom stereocenters. The zero-order valence-corrected chi connectivity index (χ0v) is 18.5. The van der Waals surface area contributed by atoms with Gasteiger partial charge in [-0.25, -0.2) is 0 Å². The van der Waals surface area contributed by atoms with Crippen molar-refractivity contribution in [1.29, 1.82) is 0 Å². The molecule has 5 rings (SSSR count). The van der Waals surface area contributed by atoms with Crippen LogP contribution in [0.25, 0.3) is 0 Å². The van der Waals surface area contributed by atoms with Crippen LogP contribution < -0.4 is 0 Å². The quantitative estimate of drug-likeness (QED) is 0.671. The Kier molecular flexibility index (Phi) is 4.46. The number of carbonyl (C=O) groups is 1. The summed E-state index contributed by atoms with van der Waals surface area (Å²) in [5.41, 5.74) is 1.85. The van der Waals surface area contributed by atoms with Gasteiger partial charge in [-0.1, -0.05) is 32.9 Å². The van der Waals surface area contributed by atoms with E-state index in [2.05, 4.69) is 39.0 Å². The van der Waals surface area contributed by atoms with E-state index in [4.69, 9.17) is 4.98 Å². The molecule has 3 aliphatic carbocycles. The van der Waals surface area contributed by atoms with Gasteiger partial charge in [-0.05, 0) is 85.8 Å². The first-order valence-electron chi connectivity index (χ1n) is 11.7. The Morgan fingerprint density at radius 2 is 1.93 bits per heavy atom. The SMILES string of the molecule is CC(c1ccccn1)[C@H]1CC[C@H]2[C@@H]3CCC4N(C)C(=O)C=C[C@]4(C)[C@H]3CC[C@]12C. The van der Waals surface area contributed by atoms with Gasteiger partial charge in [0.15, 0.2) is 0 Å². The Morgan fingerprint density at radius 3 is 2.69 bits per heavy atom. The smallest absolute Gasteiger partial charge is 0.246 e. The Bertz CT molecular complexity index is 819. The molecule has 156 valence electrons. The van der Waals surface area contributed by atoms with Crippen LogP contribution in [0.15, 0.2) is 36.5 Å². The number of nitrogens with zero attached hydrogens (tertiary/aromatic N) is 2. The summed E-state index contributed by atoms with van der Waals surface area (Å²) in [5, 5.41) is 0. The van der Waals surface area contributed by atoms with Crippen molar-refractivity contribution in [3.05, 3.63) is 42.2 Å². The summed E-state index contributed by atoms with van der Waals surface area (Å²) in [7, 11) is 2.02. The van der Waals surface area contributed by atoms with Crippen LogP contribution in [0.1, 0.15) is 70.9 Å². The normalized spacial score (nSPS) is 44.8. The molecule has 4 aliphatic rings. The second kappa shape index (κ2) is 6.68. The van der Waals surface area contributed by atoms with E-state index in [1.165, 1.54) is 37.8 Å². The van der Waals surface area contributed by atoms with Crippen molar-refractivity contribution in [3.8, 4) is 0 Å². The highest BCUT2D eigenvalue weighted by molar-refractivity contribution is 5.89. The fraction of sp³-hybridized carbons (Fsp3) is 0.692. The minimum Gasteiger partial charge on any atom is -0.338 e. The minimum absolute atomic E-state index is 0.150. The molecule has 29 heavy (non-hydrogen) atoms. The molecule has 0 radical (unpaired) electrons. The number of likely N-dealkylation sites (N-methyl/N-ethyl adjacent to an activating group) is 1. The third-order valence-corrected chi connectivity index (χ3v) is 9.96. The first kappa shape index (κ1) is 19.3. The number of amides is 1. The molecule has 1 amide bonds. The van der Waals surface area contributed by atoms with Gasteiger partial charge in [0.1, 0.15) is 0 Å². The molecule has 0 aromatic carbocycles. The van der Waals surface area contributed by atoms with E-state index < -0.39 is 0 Å². The van der Waals surface area contributed by atoms with Crippen LogP contribution in [0.3, 0.4) is 0 Å². The van der Waals surface area contributed by atoms with Gasteiger partial charge in [0.25, 0.3) is 0 Å². The van der Waals surface area contributed by atoms with Crippen molar-refractivity contribution in [2.75, 3.05) is 7.05 Å². The average molecular weight is 393 g/mol. The van der Waals surface area contributed by atoms with Crippen LogP contribution in [0.5, 0.6) is 0 Å². The van der Waals surface area contributed by atoms with Gasteiger partial charge in [0.05, 0.1) is 0 Å². The Morgan fingerprint density at radius 1 is 1.10 bits per heavy atom. The summed E-state index contributed by atoms with van der Waals surface area (Å²) in [4.78, 5) is 19.0. The van der Waals surface area contributed by atoms with Crippen molar-refractivity contribution in [2.24, 2.45) is 34.5 Å². The molecule has 3 saturated carbocycles. The van der Waals surface area contributed by atoms with Crippen LogP contribution in [0.2, 0.25) is 0 Å². The summed E-state index contributed by atoms with van der Waals surface area (Å²) < 4.78 is 0. The molecule has 3 heteroatoms. The van der Waals surface area contributed by atoms with Gasteiger partial charge >= 0.3 is 0 Å². The highest BCUT2D eigenvalue weighted by Gasteiger charge is 2.60. The van der Waals surface area contributed by atoms with E-state index in [1.807, 2.05) is 30.3 Å². The lowest BCUT2D eigenvalue weighted by atomic mass is 9.47. The lowest BCUT2D eigenvalue weighted by molar-refractivity contribution is -0.139. The molecule has 1 aliphatic heterocycles. The molecular weight excluding hydrogens is 356 g/mol. The topological polar surface area (TPSA) is 33.2 Å². The predicted octanol–water partition coefficient (Wildman–Crippen LogP) is 5.44. The van der Waals surface area contributed by atoms with E-state index in [0.717, 1.165) is 30.1 Å². The van der Waals surface area contributed by atoms with Crippen molar-refractivity contribution >= 4 is 5.91 Å². The number of hydrogen-bond acceptors (Lipinski definition) is 2. The van der Waals surface area contributed by atoms with Crippen molar-refractivity contribution in [2.45, 2.75) is 71.3 Å². The van der Waals surface area contributed by atoms with Gasteiger partial charge in [0.2, 0.25) is 5.91 Å². The summed E-state index contributed by atoms with van der Waals surface area (Å²) in [6, 6.07) is 6.77. The van der Waals surface area contributed by atoms with E-state index >= 15 is 0 Å². The second-order valence-corrected chi connectivity index (χ2v) is 10.9. The molecule has 1 aromatic heterocycles. The first-order valence-corrected chi connectivity index (χ1v) is 11.7. The number of carbonyl (C=O) groups excluding carboxylic acids is 1. The summed E-state index contributed by atoms with van der Waals surface area (Å²) >= 11 is 0. The Labute approximate surface area is 176 Å². The van der Waals surface area contributed by atoms with Crippen molar-refractivity contribution in [3.63, 3.8) is 0 Å². The number of aromatic nitrogens is 1. The van der Waals surface area contributed by atoms with E-state index in [0.29, 0.717) is 17.4 Å². The molecule has 0 N–H and O–H groups in total. The van der Waals surface area contributed by atoms with E-state index in [-0.39, 0.29) is 11.3 Å². The van der Waals surface area contributed by atoms with E-state index in [9.17, 15) is 4.79 Å². The molecule has 0 saturated heterocycles. The van der Waals surface area contributed by atoms with Gasteiger partial charge < -0.3 is 4.90 Å². The molecule has 0 bridgehead atoms. The summed E-state index contributed by atoms with van der Waals surface area (Å²) in [6.07, 6.45) is 13.9. The maximum absolute atomic E-state index is 12.3. The predicted molar refractivity (Wildman–Crippen MR) is 116 cm³/mol. The minimum atomic E-state index is 0.150. The number of rotatable bonds is 2. The number of pyridine rings is 1.